The minimum Gasteiger partial charge on any atom is -0.491 e. The number of hydrogen-bond acceptors (Lipinski definition) is 9. The standard InChI is InChI=1S/C44H45F3O9S2/c1-3-50-27-29-53-35-17-21-37(22-18-35)57(56-58(48,49)44(45,46)47,38-23-19-36(20-24-38)54-30-28-51-4-2)43-16-10-9-15-42(43)55-32-52-26-25-34-31-33-11-5-6-12-39(33)41-14-8-7-13-40(34)41/h5-24,31H,3-4,25-30,32H2,1-2H3. The quantitative estimate of drug-likeness (QED) is 0.0304. The number of para-hydroxylation sites is 1. The molecule has 0 aliphatic heterocycles. The molecule has 0 amide bonds. The largest absolute Gasteiger partial charge is 0.524 e. The number of halogens is 3. The summed E-state index contributed by atoms with van der Waals surface area (Å²) in [5.41, 5.74) is -4.67. The first kappa shape index (κ1) is 42.8. The van der Waals surface area contributed by atoms with E-state index in [1.807, 2.05) is 38.1 Å². The van der Waals surface area contributed by atoms with Crippen LogP contribution in [0.1, 0.15) is 19.4 Å². The van der Waals surface area contributed by atoms with Gasteiger partial charge in [-0.05, 0) is 118 Å². The lowest BCUT2D eigenvalue weighted by Crippen LogP contribution is -2.27. The molecule has 0 fully saturated rings. The normalized spacial score (nSPS) is 12.5. The van der Waals surface area contributed by atoms with E-state index in [1.54, 1.807) is 36.4 Å². The van der Waals surface area contributed by atoms with Crippen LogP contribution in [0.15, 0.2) is 142 Å². The second-order valence-electron chi connectivity index (χ2n) is 12.7. The van der Waals surface area contributed by atoms with Gasteiger partial charge in [-0.1, -0.05) is 66.7 Å². The Balaban J connectivity index is 1.34. The van der Waals surface area contributed by atoms with Crippen LogP contribution >= 0.6 is 10.3 Å². The van der Waals surface area contributed by atoms with Gasteiger partial charge in [-0.25, -0.2) is 0 Å². The van der Waals surface area contributed by atoms with E-state index in [1.165, 1.54) is 36.4 Å². The summed E-state index contributed by atoms with van der Waals surface area (Å²) in [5, 5.41) is 4.48. The predicted molar refractivity (Wildman–Crippen MR) is 218 cm³/mol. The molecule has 0 aliphatic carbocycles. The fourth-order valence-electron chi connectivity index (χ4n) is 6.35. The van der Waals surface area contributed by atoms with Gasteiger partial charge in [0.05, 0.1) is 24.7 Å². The van der Waals surface area contributed by atoms with Crippen LogP contribution in [0, 0.1) is 0 Å². The first-order valence-corrected chi connectivity index (χ1v) is 21.7. The summed E-state index contributed by atoms with van der Waals surface area (Å²) in [6.45, 7) is 5.79. The highest BCUT2D eigenvalue weighted by Gasteiger charge is 2.53. The fourth-order valence-corrected chi connectivity index (χ4v) is 11.2. The van der Waals surface area contributed by atoms with Gasteiger partial charge < -0.3 is 28.4 Å². The van der Waals surface area contributed by atoms with Gasteiger partial charge in [0.15, 0.2) is 6.79 Å². The smallest absolute Gasteiger partial charge is 0.491 e. The van der Waals surface area contributed by atoms with Crippen LogP contribution in [0.3, 0.4) is 0 Å². The van der Waals surface area contributed by atoms with E-state index < -0.39 is 25.9 Å². The summed E-state index contributed by atoms with van der Waals surface area (Å²) in [4.78, 5) is 0.312. The van der Waals surface area contributed by atoms with Gasteiger partial charge in [0.2, 0.25) is 0 Å². The summed E-state index contributed by atoms with van der Waals surface area (Å²) in [5.74, 6) is 0.858. The number of fused-ring (bicyclic) bond motifs is 3. The number of ether oxygens (including phenoxy) is 6. The Bertz CT molecular complexity index is 2300. The molecule has 0 bridgehead atoms. The summed E-state index contributed by atoms with van der Waals surface area (Å²) in [6, 6.07) is 36.8. The maximum Gasteiger partial charge on any atom is 0.524 e. The average Bonchev–Trinajstić information content (AvgIpc) is 3.23. The molecule has 0 saturated carbocycles. The fraction of sp³-hybridized carbons (Fsp3) is 0.273. The molecular weight excluding hydrogens is 794 g/mol. The number of alkyl halides is 3. The zero-order chi connectivity index (χ0) is 41.0. The molecule has 308 valence electrons. The van der Waals surface area contributed by atoms with Crippen molar-refractivity contribution >= 4 is 42.0 Å². The Morgan fingerprint density at radius 1 is 0.552 bits per heavy atom. The lowest BCUT2D eigenvalue weighted by Gasteiger charge is -2.40. The molecule has 0 aromatic heterocycles. The van der Waals surface area contributed by atoms with Crippen molar-refractivity contribution in [2.45, 2.75) is 40.5 Å². The molecule has 0 heterocycles. The molecule has 0 N–H and O–H groups in total. The van der Waals surface area contributed by atoms with Crippen LogP contribution < -0.4 is 14.2 Å². The van der Waals surface area contributed by atoms with Gasteiger partial charge in [-0.15, -0.1) is 0 Å². The maximum atomic E-state index is 14.3. The van der Waals surface area contributed by atoms with Crippen LogP contribution in [0.5, 0.6) is 17.2 Å². The van der Waals surface area contributed by atoms with Gasteiger partial charge >= 0.3 is 15.6 Å². The number of rotatable bonds is 21. The molecule has 6 rings (SSSR count). The first-order valence-electron chi connectivity index (χ1n) is 18.7. The van der Waals surface area contributed by atoms with E-state index in [2.05, 4.69) is 30.3 Å². The van der Waals surface area contributed by atoms with Crippen LogP contribution in [0.4, 0.5) is 13.2 Å². The maximum absolute atomic E-state index is 14.3. The summed E-state index contributed by atoms with van der Waals surface area (Å²) in [6.07, 6.45) is 0.552. The summed E-state index contributed by atoms with van der Waals surface area (Å²) >= 11 is 0. The minimum absolute atomic E-state index is 0.0574. The molecule has 0 saturated heterocycles. The molecule has 6 aromatic rings. The summed E-state index contributed by atoms with van der Waals surface area (Å²) in [7, 11) is -9.99. The third-order valence-electron chi connectivity index (χ3n) is 9.01. The molecule has 0 spiro atoms. The Labute approximate surface area is 338 Å². The topological polar surface area (TPSA) is 98.8 Å². The van der Waals surface area contributed by atoms with Crippen LogP contribution in [0.25, 0.3) is 21.5 Å². The van der Waals surface area contributed by atoms with Gasteiger partial charge in [-0.3, -0.25) is 0 Å². The first-order chi connectivity index (χ1) is 28.1. The SMILES string of the molecule is CCOCCOc1ccc(S(OS(=O)(=O)C(F)(F)F)(c2ccc(OCCOCC)cc2)c2ccccc2OCOCCc2cc3ccccc3c3ccccc23)cc1. The van der Waals surface area contributed by atoms with Gasteiger partial charge in [-0.2, -0.15) is 25.2 Å². The Morgan fingerprint density at radius 3 is 1.67 bits per heavy atom. The third-order valence-corrected chi connectivity index (χ3v) is 13.9. The molecule has 0 unspecified atom stereocenters. The van der Waals surface area contributed by atoms with Crippen LogP contribution in [0.2, 0.25) is 0 Å². The van der Waals surface area contributed by atoms with E-state index in [0.29, 0.717) is 44.3 Å². The van der Waals surface area contributed by atoms with E-state index in [9.17, 15) is 21.6 Å². The van der Waals surface area contributed by atoms with E-state index in [4.69, 9.17) is 32.1 Å². The highest BCUT2D eigenvalue weighted by molar-refractivity contribution is 8.33. The molecule has 6 aromatic carbocycles. The lowest BCUT2D eigenvalue weighted by atomic mass is 9.96. The zero-order valence-corrected chi connectivity index (χ0v) is 33.7. The van der Waals surface area contributed by atoms with Crippen molar-refractivity contribution < 1.29 is 53.6 Å². The monoisotopic (exact) mass is 838 g/mol. The van der Waals surface area contributed by atoms with Gasteiger partial charge in [0.1, 0.15) is 30.5 Å². The second-order valence-corrected chi connectivity index (χ2v) is 17.1. The predicted octanol–water partition coefficient (Wildman–Crippen LogP) is 10.5. The second kappa shape index (κ2) is 19.7. The molecule has 14 heteroatoms. The van der Waals surface area contributed by atoms with Crippen LogP contribution in [-0.2, 0) is 34.4 Å². The van der Waals surface area contributed by atoms with Crippen molar-refractivity contribution in [3.8, 4) is 17.2 Å². The van der Waals surface area contributed by atoms with Crippen molar-refractivity contribution in [1.82, 2.24) is 0 Å². The van der Waals surface area contributed by atoms with Crippen molar-refractivity contribution in [3.63, 3.8) is 0 Å². The molecule has 0 atom stereocenters. The van der Waals surface area contributed by atoms with E-state index in [-0.39, 0.29) is 47.0 Å². The number of benzene rings is 6. The molecule has 0 radical (unpaired) electrons. The van der Waals surface area contributed by atoms with Gasteiger partial charge in [0, 0.05) is 23.0 Å². The molecule has 58 heavy (non-hydrogen) atoms. The third kappa shape index (κ3) is 10.1. The average molecular weight is 839 g/mol. The zero-order valence-electron chi connectivity index (χ0n) is 32.1. The van der Waals surface area contributed by atoms with Crippen LogP contribution in [-0.4, -0.2) is 67.0 Å². The molecule has 0 aliphatic rings. The van der Waals surface area contributed by atoms with E-state index in [0.717, 1.165) is 27.1 Å². The minimum atomic E-state index is -6.22. The van der Waals surface area contributed by atoms with Crippen molar-refractivity contribution in [1.29, 1.82) is 0 Å². The van der Waals surface area contributed by atoms with E-state index >= 15 is 0 Å². The Hall–Kier alpha value is -4.83. The molecular formula is C44H45F3O9S2. The Morgan fingerprint density at radius 2 is 1.09 bits per heavy atom. The highest BCUT2D eigenvalue weighted by atomic mass is 32.3. The number of hydrogen-bond donors (Lipinski definition) is 0. The molecule has 9 nitrogen and oxygen atoms in total. The van der Waals surface area contributed by atoms with Crippen molar-refractivity contribution in [2.24, 2.45) is 0 Å². The lowest BCUT2D eigenvalue weighted by molar-refractivity contribution is -0.0496. The highest BCUT2D eigenvalue weighted by Crippen LogP contribution is 2.72. The van der Waals surface area contributed by atoms with Gasteiger partial charge in [0.25, 0.3) is 0 Å². The van der Waals surface area contributed by atoms with Crippen molar-refractivity contribution in [2.75, 3.05) is 53.0 Å². The van der Waals surface area contributed by atoms with Crippen molar-refractivity contribution in [3.05, 3.63) is 133 Å². The Kier molecular flexibility index (Phi) is 14.6. The summed E-state index contributed by atoms with van der Waals surface area (Å²) < 4.78 is 109.